The number of halogens is 3. The summed E-state index contributed by atoms with van der Waals surface area (Å²) in [6, 6.07) is 5.60. The van der Waals surface area contributed by atoms with Gasteiger partial charge in [-0.25, -0.2) is 4.57 Å². The predicted octanol–water partition coefficient (Wildman–Crippen LogP) is -1.54. The van der Waals surface area contributed by atoms with Crippen LogP contribution in [0.4, 0.5) is 0 Å². The number of aromatic nitrogens is 4. The molecule has 0 unspecified atom stereocenters. The highest BCUT2D eigenvalue weighted by Gasteiger charge is 2.14. The molecule has 2 aromatic rings. The van der Waals surface area contributed by atoms with E-state index in [1.54, 1.807) is 17.0 Å². The minimum Gasteiger partial charge on any atom is -1.00 e. The van der Waals surface area contributed by atoms with Gasteiger partial charge >= 0.3 is 16.5 Å². The molecule has 0 spiro atoms. The van der Waals surface area contributed by atoms with Gasteiger partial charge in [0.2, 0.25) is 0 Å². The van der Waals surface area contributed by atoms with Crippen molar-refractivity contribution >= 4 is 23.2 Å². The van der Waals surface area contributed by atoms with Gasteiger partial charge in [-0.05, 0) is 45.3 Å². The van der Waals surface area contributed by atoms with Crippen molar-refractivity contribution in [2.24, 2.45) is 0 Å². The number of hydrogen-bond acceptors (Lipinski definition) is 3. The Balaban J connectivity index is 0.00000112. The molecule has 0 saturated carbocycles. The van der Waals surface area contributed by atoms with Crippen molar-refractivity contribution in [3.8, 4) is 5.95 Å². The number of rotatable bonds is 1. The van der Waals surface area contributed by atoms with Crippen molar-refractivity contribution in [3.05, 3.63) is 41.2 Å². The molecule has 4 nitrogen and oxygen atoms in total. The molecule has 0 radical (unpaired) electrons. The summed E-state index contributed by atoms with van der Waals surface area (Å²) in [5.74, 6) is 0.399. The highest BCUT2D eigenvalue weighted by Crippen LogP contribution is 2.05. The Morgan fingerprint density at radius 3 is 1.93 bits per heavy atom. The average Bonchev–Trinajstić information content (AvgIpc) is 2.18. The average molecular weight is 264 g/mol. The molecule has 0 saturated heterocycles. The van der Waals surface area contributed by atoms with E-state index in [2.05, 4.69) is 15.0 Å². The molecule has 0 aliphatic heterocycles. The normalized spacial score (nSPS) is 9.47. The Hall–Kier alpha value is -0.970. The van der Waals surface area contributed by atoms with Crippen molar-refractivity contribution in [2.75, 3.05) is 0 Å². The van der Waals surface area contributed by atoms with Gasteiger partial charge in [-0.15, -0.1) is 0 Å². The molecule has 0 N–H and O–H groups in total. The lowest BCUT2D eigenvalue weighted by Crippen LogP contribution is -3.00. The second kappa shape index (κ2) is 5.21. The van der Waals surface area contributed by atoms with E-state index in [1.807, 2.05) is 18.2 Å². The third-order valence-electron chi connectivity index (χ3n) is 1.52. The first-order valence-corrected chi connectivity index (χ1v) is 4.55. The fourth-order valence-electron chi connectivity index (χ4n) is 0.964. The minimum absolute atomic E-state index is 0. The number of hydrogen-bond donors (Lipinski definition) is 0. The molecule has 2 rings (SSSR count). The molecule has 2 heterocycles. The van der Waals surface area contributed by atoms with Crippen LogP contribution in [-0.4, -0.2) is 15.0 Å². The van der Waals surface area contributed by atoms with Crippen LogP contribution in [0.25, 0.3) is 5.95 Å². The van der Waals surface area contributed by atoms with Crippen molar-refractivity contribution in [2.45, 2.75) is 0 Å². The van der Waals surface area contributed by atoms with E-state index in [1.165, 1.54) is 0 Å². The van der Waals surface area contributed by atoms with Crippen molar-refractivity contribution in [1.82, 2.24) is 15.0 Å². The standard InChI is InChI=1S/C8H5Cl2N4.ClH/c9-6-11-7(10)13-8(12-6)14-4-2-1-3-5-14;/h1-5H;1H/q+1;/p-1. The van der Waals surface area contributed by atoms with Crippen molar-refractivity contribution in [3.63, 3.8) is 0 Å². The van der Waals surface area contributed by atoms with Gasteiger partial charge in [-0.2, -0.15) is 4.98 Å². The van der Waals surface area contributed by atoms with Gasteiger partial charge in [0, 0.05) is 0 Å². The minimum atomic E-state index is 0. The summed E-state index contributed by atoms with van der Waals surface area (Å²) >= 11 is 11.3. The molecular formula is C8H5Cl3N4. The van der Waals surface area contributed by atoms with Crippen LogP contribution in [0.5, 0.6) is 0 Å². The summed E-state index contributed by atoms with van der Waals surface area (Å²) in [7, 11) is 0. The molecular weight excluding hydrogens is 258 g/mol. The zero-order valence-electron chi connectivity index (χ0n) is 7.31. The maximum absolute atomic E-state index is 5.64. The maximum Gasteiger partial charge on any atom is 0.443 e. The number of pyridine rings is 1. The van der Waals surface area contributed by atoms with Gasteiger partial charge in [0.15, 0.2) is 0 Å². The van der Waals surface area contributed by atoms with Gasteiger partial charge in [0.05, 0.1) is 12.4 Å². The summed E-state index contributed by atoms with van der Waals surface area (Å²) in [5.41, 5.74) is 0. The van der Waals surface area contributed by atoms with Crippen LogP contribution in [-0.2, 0) is 0 Å². The number of nitrogens with zero attached hydrogens (tertiary/aromatic N) is 4. The fourth-order valence-corrected chi connectivity index (χ4v) is 1.32. The summed E-state index contributed by atoms with van der Waals surface area (Å²) < 4.78 is 1.69. The van der Waals surface area contributed by atoms with Crippen LogP contribution < -0.4 is 17.0 Å². The molecule has 0 bridgehead atoms. The lowest BCUT2D eigenvalue weighted by Gasteiger charge is -1.93. The van der Waals surface area contributed by atoms with Gasteiger partial charge < -0.3 is 12.4 Å². The Morgan fingerprint density at radius 2 is 1.40 bits per heavy atom. The van der Waals surface area contributed by atoms with E-state index in [0.29, 0.717) is 5.95 Å². The van der Waals surface area contributed by atoms with Crippen LogP contribution in [0.15, 0.2) is 30.6 Å². The molecule has 7 heteroatoms. The zero-order chi connectivity index (χ0) is 9.97. The Morgan fingerprint density at radius 1 is 0.867 bits per heavy atom. The molecule has 0 aromatic carbocycles. The lowest BCUT2D eigenvalue weighted by molar-refractivity contribution is -0.603. The molecule has 0 amide bonds. The molecule has 0 fully saturated rings. The zero-order valence-corrected chi connectivity index (χ0v) is 9.58. The second-order valence-electron chi connectivity index (χ2n) is 2.46. The second-order valence-corrected chi connectivity index (χ2v) is 3.13. The quantitative estimate of drug-likeness (QED) is 0.586. The molecule has 78 valence electrons. The molecule has 2 aromatic heterocycles. The highest BCUT2D eigenvalue weighted by molar-refractivity contribution is 6.31. The maximum atomic E-state index is 5.64. The third-order valence-corrected chi connectivity index (χ3v) is 1.85. The summed E-state index contributed by atoms with van der Waals surface area (Å²) in [5, 5.41) is 0.160. The smallest absolute Gasteiger partial charge is 0.443 e. The van der Waals surface area contributed by atoms with Crippen LogP contribution in [0.1, 0.15) is 0 Å². The molecule has 0 atom stereocenters. The summed E-state index contributed by atoms with van der Waals surface area (Å²) in [4.78, 5) is 11.5. The van der Waals surface area contributed by atoms with Gasteiger partial charge in [-0.3, -0.25) is 0 Å². The Kier molecular flexibility index (Phi) is 4.20. The fraction of sp³-hybridized carbons (Fsp3) is 0. The van der Waals surface area contributed by atoms with Gasteiger partial charge in [0.1, 0.15) is 0 Å². The van der Waals surface area contributed by atoms with Gasteiger partial charge in [-0.1, -0.05) is 6.07 Å². The van der Waals surface area contributed by atoms with Crippen molar-refractivity contribution in [1.29, 1.82) is 0 Å². The monoisotopic (exact) mass is 262 g/mol. The van der Waals surface area contributed by atoms with E-state index in [9.17, 15) is 0 Å². The Bertz CT molecular complexity index is 429. The topological polar surface area (TPSA) is 42.5 Å². The van der Waals surface area contributed by atoms with E-state index in [0.717, 1.165) is 0 Å². The molecule has 0 aliphatic carbocycles. The first-order valence-electron chi connectivity index (χ1n) is 3.79. The summed E-state index contributed by atoms with van der Waals surface area (Å²) in [6.07, 6.45) is 3.59. The highest BCUT2D eigenvalue weighted by atomic mass is 35.5. The van der Waals surface area contributed by atoms with Crippen LogP contribution in [0, 0.1) is 0 Å². The van der Waals surface area contributed by atoms with Crippen LogP contribution >= 0.6 is 23.2 Å². The van der Waals surface area contributed by atoms with E-state index in [-0.39, 0.29) is 23.0 Å². The van der Waals surface area contributed by atoms with Crippen LogP contribution in [0.3, 0.4) is 0 Å². The van der Waals surface area contributed by atoms with Crippen LogP contribution in [0.2, 0.25) is 10.6 Å². The molecule has 15 heavy (non-hydrogen) atoms. The first kappa shape index (κ1) is 12.1. The predicted molar refractivity (Wildman–Crippen MR) is 51.4 cm³/mol. The Labute approximate surface area is 102 Å². The van der Waals surface area contributed by atoms with E-state index in [4.69, 9.17) is 23.2 Å². The van der Waals surface area contributed by atoms with E-state index < -0.39 is 0 Å². The van der Waals surface area contributed by atoms with Crippen molar-refractivity contribution < 1.29 is 17.0 Å². The third kappa shape index (κ3) is 2.99. The largest absolute Gasteiger partial charge is 1.00 e. The summed E-state index contributed by atoms with van der Waals surface area (Å²) in [6.45, 7) is 0. The van der Waals surface area contributed by atoms with Gasteiger partial charge in [0.25, 0.3) is 0 Å². The SMILES string of the molecule is Clc1nc(Cl)nc(-[n+]2ccccc2)n1.[Cl-]. The lowest BCUT2D eigenvalue weighted by atomic mass is 10.5. The first-order chi connectivity index (χ1) is 6.75. The van der Waals surface area contributed by atoms with E-state index >= 15 is 0 Å². The molecule has 0 aliphatic rings.